The number of ether oxygens (including phenoxy) is 1. The zero-order chi connectivity index (χ0) is 19.1. The van der Waals surface area contributed by atoms with E-state index in [0.717, 1.165) is 16.2 Å². The van der Waals surface area contributed by atoms with Gasteiger partial charge in [0.1, 0.15) is 6.07 Å². The largest absolute Gasteiger partial charge is 0.383 e. The molecule has 138 valence electrons. The van der Waals surface area contributed by atoms with E-state index in [1.54, 1.807) is 43.1 Å². The van der Waals surface area contributed by atoms with Crippen LogP contribution < -0.4 is 5.32 Å². The Hall–Kier alpha value is -2.82. The van der Waals surface area contributed by atoms with Crippen LogP contribution in [0.25, 0.3) is 11.0 Å². The van der Waals surface area contributed by atoms with Crippen LogP contribution in [-0.2, 0) is 16.1 Å². The Kier molecular flexibility index (Phi) is 6.47. The minimum Gasteiger partial charge on any atom is -0.383 e. The molecule has 3 rings (SSSR count). The molecule has 0 saturated carbocycles. The van der Waals surface area contributed by atoms with Gasteiger partial charge in [-0.2, -0.15) is 5.26 Å². The van der Waals surface area contributed by atoms with Crippen LogP contribution in [0, 0.1) is 11.3 Å². The lowest BCUT2D eigenvalue weighted by Gasteiger charge is -2.09. The highest BCUT2D eigenvalue weighted by molar-refractivity contribution is 7.99. The normalized spacial score (nSPS) is 10.7. The van der Waals surface area contributed by atoms with Crippen molar-refractivity contribution in [3.8, 4) is 6.07 Å². The molecule has 0 bridgehead atoms. The molecule has 0 spiro atoms. The lowest BCUT2D eigenvalue weighted by Crippen LogP contribution is -2.13. The molecule has 0 radical (unpaired) electrons. The number of imidazole rings is 1. The van der Waals surface area contributed by atoms with Gasteiger partial charge >= 0.3 is 0 Å². The van der Waals surface area contributed by atoms with Crippen molar-refractivity contribution in [1.82, 2.24) is 9.55 Å². The highest BCUT2D eigenvalue weighted by Crippen LogP contribution is 2.24. The summed E-state index contributed by atoms with van der Waals surface area (Å²) < 4.78 is 7.32. The summed E-state index contributed by atoms with van der Waals surface area (Å²) in [5.41, 5.74) is 3.00. The van der Waals surface area contributed by atoms with Gasteiger partial charge in [-0.05, 0) is 24.3 Å². The fourth-order valence-electron chi connectivity index (χ4n) is 2.70. The number of amides is 1. The Labute approximate surface area is 162 Å². The molecular weight excluding hydrogens is 360 g/mol. The lowest BCUT2D eigenvalue weighted by atomic mass is 10.2. The number of benzene rings is 2. The Morgan fingerprint density at radius 2 is 2.04 bits per heavy atom. The first-order chi connectivity index (χ1) is 13.2. The van der Waals surface area contributed by atoms with E-state index in [9.17, 15) is 4.79 Å². The minimum absolute atomic E-state index is 0.121. The van der Waals surface area contributed by atoms with Crippen LogP contribution in [0.5, 0.6) is 0 Å². The summed E-state index contributed by atoms with van der Waals surface area (Å²) in [5.74, 6) is 0.474. The van der Waals surface area contributed by atoms with Crippen LogP contribution in [-0.4, -0.2) is 34.9 Å². The molecule has 0 saturated heterocycles. The number of methoxy groups -OCH3 is 1. The molecule has 0 aliphatic rings. The van der Waals surface area contributed by atoms with Crippen molar-refractivity contribution in [2.45, 2.75) is 18.1 Å². The predicted molar refractivity (Wildman–Crippen MR) is 107 cm³/mol. The maximum absolute atomic E-state index is 12.2. The smallest absolute Gasteiger partial charge is 0.225 e. The zero-order valence-electron chi connectivity index (χ0n) is 15.0. The van der Waals surface area contributed by atoms with E-state index in [2.05, 4.69) is 20.9 Å². The third kappa shape index (κ3) is 4.67. The summed E-state index contributed by atoms with van der Waals surface area (Å²) in [6.45, 7) is 1.31. The van der Waals surface area contributed by atoms with Crippen LogP contribution in [0.3, 0.4) is 0 Å². The number of carbonyl (C=O) groups excluding carboxylic acids is 1. The second-order valence-electron chi connectivity index (χ2n) is 5.83. The Morgan fingerprint density at radius 3 is 2.85 bits per heavy atom. The summed E-state index contributed by atoms with van der Waals surface area (Å²) in [6.07, 6.45) is 0.331. The molecule has 7 heteroatoms. The molecule has 1 aromatic heterocycles. The monoisotopic (exact) mass is 380 g/mol. The number of thioether (sulfide) groups is 1. The number of nitrogens with one attached hydrogen (secondary N) is 1. The third-order valence-electron chi connectivity index (χ3n) is 4.02. The number of hydrogen-bond acceptors (Lipinski definition) is 5. The van der Waals surface area contributed by atoms with E-state index >= 15 is 0 Å². The van der Waals surface area contributed by atoms with E-state index in [-0.39, 0.29) is 5.91 Å². The maximum atomic E-state index is 12.2. The summed E-state index contributed by atoms with van der Waals surface area (Å²) in [6, 6.07) is 17.0. The van der Waals surface area contributed by atoms with Gasteiger partial charge in [0.05, 0.1) is 28.9 Å². The number of para-hydroxylation sites is 3. The number of hydrogen-bond donors (Lipinski definition) is 1. The van der Waals surface area contributed by atoms with Crippen LogP contribution in [0.1, 0.15) is 12.0 Å². The first kappa shape index (κ1) is 19.0. The second-order valence-corrected chi connectivity index (χ2v) is 6.89. The van der Waals surface area contributed by atoms with Crippen molar-refractivity contribution >= 4 is 34.4 Å². The van der Waals surface area contributed by atoms with E-state index < -0.39 is 0 Å². The summed E-state index contributed by atoms with van der Waals surface area (Å²) in [7, 11) is 1.68. The van der Waals surface area contributed by atoms with Crippen molar-refractivity contribution in [3.63, 3.8) is 0 Å². The van der Waals surface area contributed by atoms with Gasteiger partial charge in [-0.15, -0.1) is 0 Å². The van der Waals surface area contributed by atoms with Gasteiger partial charge in [0.15, 0.2) is 5.16 Å². The molecule has 1 amide bonds. The van der Waals surface area contributed by atoms with Crippen LogP contribution in [0.2, 0.25) is 0 Å². The lowest BCUT2D eigenvalue weighted by molar-refractivity contribution is -0.115. The second kappa shape index (κ2) is 9.21. The molecule has 1 N–H and O–H groups in total. The molecule has 3 aromatic rings. The van der Waals surface area contributed by atoms with E-state index in [1.807, 2.05) is 24.3 Å². The summed E-state index contributed by atoms with van der Waals surface area (Å²) >= 11 is 1.54. The first-order valence-electron chi connectivity index (χ1n) is 8.59. The maximum Gasteiger partial charge on any atom is 0.225 e. The molecule has 0 aliphatic heterocycles. The number of aromatic nitrogens is 2. The van der Waals surface area contributed by atoms with Crippen molar-refractivity contribution in [2.75, 3.05) is 24.8 Å². The third-order valence-corrected chi connectivity index (χ3v) is 5.00. The number of nitrogens with zero attached hydrogens (tertiary/aromatic N) is 3. The summed E-state index contributed by atoms with van der Waals surface area (Å²) in [5, 5.41) is 12.8. The van der Waals surface area contributed by atoms with Gasteiger partial charge in [0.25, 0.3) is 0 Å². The quantitative estimate of drug-likeness (QED) is 0.603. The molecule has 0 atom stereocenters. The summed E-state index contributed by atoms with van der Waals surface area (Å²) in [4.78, 5) is 16.9. The van der Waals surface area contributed by atoms with Crippen molar-refractivity contribution in [3.05, 3.63) is 54.1 Å². The number of anilines is 1. The minimum atomic E-state index is -0.121. The van der Waals surface area contributed by atoms with E-state index in [0.29, 0.717) is 36.6 Å². The molecule has 1 heterocycles. The molecular formula is C20H20N4O2S. The standard InChI is InChI=1S/C20H20N4O2S/c1-26-12-11-24-18-9-5-4-8-17(18)23-20(24)27-13-10-19(25)22-16-7-3-2-6-15(16)14-21/h2-9H,10-13H2,1H3,(H,22,25). The Bertz CT molecular complexity index is 978. The van der Waals surface area contributed by atoms with Gasteiger partial charge in [-0.1, -0.05) is 36.0 Å². The van der Waals surface area contributed by atoms with Gasteiger partial charge in [-0.3, -0.25) is 4.79 Å². The average molecular weight is 380 g/mol. The fourth-order valence-corrected chi connectivity index (χ4v) is 3.68. The Balaban J connectivity index is 1.63. The number of carbonyl (C=O) groups is 1. The average Bonchev–Trinajstić information content (AvgIpc) is 3.04. The highest BCUT2D eigenvalue weighted by atomic mass is 32.2. The van der Waals surface area contributed by atoms with E-state index in [4.69, 9.17) is 10.00 Å². The molecule has 0 aliphatic carbocycles. The van der Waals surface area contributed by atoms with Crippen LogP contribution in [0.15, 0.2) is 53.7 Å². The first-order valence-corrected chi connectivity index (χ1v) is 9.57. The van der Waals surface area contributed by atoms with Gasteiger partial charge in [-0.25, -0.2) is 4.98 Å². The zero-order valence-corrected chi connectivity index (χ0v) is 15.8. The van der Waals surface area contributed by atoms with Gasteiger partial charge in [0.2, 0.25) is 5.91 Å². The number of nitriles is 1. The Morgan fingerprint density at radius 1 is 1.26 bits per heavy atom. The molecule has 0 fully saturated rings. The van der Waals surface area contributed by atoms with Crippen LogP contribution >= 0.6 is 11.8 Å². The highest BCUT2D eigenvalue weighted by Gasteiger charge is 2.12. The SMILES string of the molecule is COCCn1c(SCCC(=O)Nc2ccccc2C#N)nc2ccccc21. The number of rotatable bonds is 8. The van der Waals surface area contributed by atoms with Crippen molar-refractivity contribution in [2.24, 2.45) is 0 Å². The number of fused-ring (bicyclic) bond motifs is 1. The van der Waals surface area contributed by atoms with Crippen LogP contribution in [0.4, 0.5) is 5.69 Å². The topological polar surface area (TPSA) is 79.9 Å². The molecule has 0 unspecified atom stereocenters. The fraction of sp³-hybridized carbons (Fsp3) is 0.250. The molecule has 27 heavy (non-hydrogen) atoms. The van der Waals surface area contributed by atoms with Crippen molar-refractivity contribution < 1.29 is 9.53 Å². The molecule has 2 aromatic carbocycles. The van der Waals surface area contributed by atoms with Gasteiger partial charge < -0.3 is 14.6 Å². The molecule has 6 nitrogen and oxygen atoms in total. The van der Waals surface area contributed by atoms with E-state index in [1.165, 1.54) is 0 Å². The van der Waals surface area contributed by atoms with Crippen molar-refractivity contribution in [1.29, 1.82) is 5.26 Å². The van der Waals surface area contributed by atoms with Gasteiger partial charge in [0, 0.05) is 25.8 Å². The predicted octanol–water partition coefficient (Wildman–Crippen LogP) is 3.68.